The quantitative estimate of drug-likeness (QED) is 0.0604. The first-order chi connectivity index (χ1) is 23.8. The standard InChI is InChI=1S/C34H62ClNO12/c35-9-5-1-2-6-10-37-11-12-38-13-14-39-15-16-40-17-18-41-19-20-42-21-22-43-23-24-44-25-26-45-27-28-46-29-30-47-31-32-48-34-8-4-3-7-33(34)36/h3-4,7-8H,1-2,5-6,9-32,36H2. The maximum atomic E-state index is 5.82. The van der Waals surface area contributed by atoms with Crippen molar-refractivity contribution < 1.29 is 56.8 Å². The van der Waals surface area contributed by atoms with Crippen molar-refractivity contribution in [3.63, 3.8) is 0 Å². The van der Waals surface area contributed by atoms with Crippen LogP contribution in [0, 0.1) is 0 Å². The Bertz CT molecular complexity index is 771. The van der Waals surface area contributed by atoms with Gasteiger partial charge in [-0.25, -0.2) is 0 Å². The summed E-state index contributed by atoms with van der Waals surface area (Å²) in [7, 11) is 0. The zero-order valence-electron chi connectivity index (χ0n) is 29.0. The molecule has 0 spiro atoms. The molecule has 0 aliphatic carbocycles. The lowest BCUT2D eigenvalue weighted by molar-refractivity contribution is -0.0277. The molecule has 0 aliphatic rings. The van der Waals surface area contributed by atoms with Gasteiger partial charge in [0.05, 0.1) is 144 Å². The number of alkyl halides is 1. The molecule has 2 N–H and O–H groups in total. The van der Waals surface area contributed by atoms with Gasteiger partial charge in [-0.1, -0.05) is 25.0 Å². The van der Waals surface area contributed by atoms with Crippen LogP contribution in [0.15, 0.2) is 24.3 Å². The van der Waals surface area contributed by atoms with E-state index in [2.05, 4.69) is 0 Å². The van der Waals surface area contributed by atoms with E-state index in [9.17, 15) is 0 Å². The van der Waals surface area contributed by atoms with E-state index in [1.165, 1.54) is 12.8 Å². The Kier molecular flexibility index (Phi) is 35.8. The summed E-state index contributed by atoms with van der Waals surface area (Å²) in [5.74, 6) is 1.41. The topological polar surface area (TPSA) is 137 Å². The maximum absolute atomic E-state index is 5.82. The predicted molar refractivity (Wildman–Crippen MR) is 185 cm³/mol. The summed E-state index contributed by atoms with van der Waals surface area (Å²) >= 11 is 5.65. The normalized spacial score (nSPS) is 11.4. The van der Waals surface area contributed by atoms with Gasteiger partial charge in [-0.2, -0.15) is 0 Å². The smallest absolute Gasteiger partial charge is 0.142 e. The number of halogens is 1. The molecule has 0 saturated carbocycles. The lowest BCUT2D eigenvalue weighted by atomic mass is 10.2. The van der Waals surface area contributed by atoms with E-state index in [0.717, 1.165) is 25.3 Å². The molecule has 0 heterocycles. The fourth-order valence-corrected chi connectivity index (χ4v) is 3.96. The summed E-state index contributed by atoms with van der Waals surface area (Å²) in [5.41, 5.74) is 6.44. The first-order valence-electron chi connectivity index (χ1n) is 17.2. The van der Waals surface area contributed by atoms with Crippen LogP contribution in [0.25, 0.3) is 0 Å². The third kappa shape index (κ3) is 33.2. The lowest BCUT2D eigenvalue weighted by Crippen LogP contribution is -2.15. The van der Waals surface area contributed by atoms with E-state index in [4.69, 9.17) is 74.2 Å². The highest BCUT2D eigenvalue weighted by Crippen LogP contribution is 2.19. The monoisotopic (exact) mass is 711 g/mol. The van der Waals surface area contributed by atoms with E-state index in [0.29, 0.717) is 157 Å². The highest BCUT2D eigenvalue weighted by molar-refractivity contribution is 6.17. The van der Waals surface area contributed by atoms with Crippen molar-refractivity contribution in [1.82, 2.24) is 0 Å². The van der Waals surface area contributed by atoms with Crippen LogP contribution in [0.3, 0.4) is 0 Å². The van der Waals surface area contributed by atoms with Crippen LogP contribution in [0.2, 0.25) is 0 Å². The Morgan fingerprint density at radius 2 is 0.646 bits per heavy atom. The Morgan fingerprint density at radius 1 is 0.354 bits per heavy atom. The molecule has 0 aliphatic heterocycles. The van der Waals surface area contributed by atoms with E-state index >= 15 is 0 Å². The van der Waals surface area contributed by atoms with E-state index in [1.54, 1.807) is 6.07 Å². The van der Waals surface area contributed by atoms with Gasteiger partial charge >= 0.3 is 0 Å². The number of benzene rings is 1. The van der Waals surface area contributed by atoms with E-state index < -0.39 is 0 Å². The van der Waals surface area contributed by atoms with Crippen molar-refractivity contribution in [3.05, 3.63) is 24.3 Å². The van der Waals surface area contributed by atoms with Crippen molar-refractivity contribution in [2.75, 3.05) is 164 Å². The second-order valence-electron chi connectivity index (χ2n) is 10.2. The number of unbranched alkanes of at least 4 members (excludes halogenated alkanes) is 3. The fourth-order valence-electron chi connectivity index (χ4n) is 3.78. The van der Waals surface area contributed by atoms with Gasteiger partial charge in [0.1, 0.15) is 12.4 Å². The molecule has 13 nitrogen and oxygen atoms in total. The third-order valence-electron chi connectivity index (χ3n) is 6.30. The summed E-state index contributed by atoms with van der Waals surface area (Å²) in [4.78, 5) is 0. The number of nitrogen functional groups attached to an aromatic ring is 1. The molecule has 0 fully saturated rings. The van der Waals surface area contributed by atoms with Crippen LogP contribution >= 0.6 is 11.6 Å². The zero-order chi connectivity index (χ0) is 34.3. The average molecular weight is 712 g/mol. The first-order valence-corrected chi connectivity index (χ1v) is 17.8. The van der Waals surface area contributed by atoms with Crippen LogP contribution < -0.4 is 10.5 Å². The van der Waals surface area contributed by atoms with Crippen LogP contribution in [0.1, 0.15) is 25.7 Å². The summed E-state index contributed by atoms with van der Waals surface area (Å²) in [6.45, 7) is 12.1. The van der Waals surface area contributed by atoms with Crippen molar-refractivity contribution >= 4 is 17.3 Å². The molecular formula is C34H62ClNO12. The number of ether oxygens (including phenoxy) is 12. The van der Waals surface area contributed by atoms with Crippen molar-refractivity contribution in [2.24, 2.45) is 0 Å². The van der Waals surface area contributed by atoms with Gasteiger partial charge in [-0.15, -0.1) is 11.6 Å². The van der Waals surface area contributed by atoms with Gasteiger partial charge in [0.15, 0.2) is 0 Å². The number of para-hydroxylation sites is 2. The number of anilines is 1. The molecule has 1 aromatic rings. The molecule has 0 aromatic heterocycles. The molecule has 0 radical (unpaired) electrons. The molecule has 0 bridgehead atoms. The number of hydrogen-bond donors (Lipinski definition) is 1. The molecule has 0 amide bonds. The molecular weight excluding hydrogens is 650 g/mol. The molecule has 0 atom stereocenters. The van der Waals surface area contributed by atoms with Crippen LogP contribution in [-0.4, -0.2) is 158 Å². The molecule has 14 heteroatoms. The van der Waals surface area contributed by atoms with E-state index in [1.807, 2.05) is 18.2 Å². The van der Waals surface area contributed by atoms with Crippen LogP contribution in [0.5, 0.6) is 5.75 Å². The Balaban J connectivity index is 1.62. The highest BCUT2D eigenvalue weighted by Gasteiger charge is 1.99. The van der Waals surface area contributed by atoms with Gasteiger partial charge < -0.3 is 62.6 Å². The third-order valence-corrected chi connectivity index (χ3v) is 6.56. The lowest BCUT2D eigenvalue weighted by Gasteiger charge is -2.10. The van der Waals surface area contributed by atoms with Crippen LogP contribution in [-0.2, 0) is 52.1 Å². The largest absolute Gasteiger partial charge is 0.489 e. The molecule has 0 saturated heterocycles. The summed E-state index contributed by atoms with van der Waals surface area (Å²) in [6.07, 6.45) is 4.49. The Morgan fingerprint density at radius 3 is 0.979 bits per heavy atom. The van der Waals surface area contributed by atoms with Crippen LogP contribution in [0.4, 0.5) is 5.69 Å². The Hall–Kier alpha value is -1.33. The average Bonchev–Trinajstić information content (AvgIpc) is 3.10. The van der Waals surface area contributed by atoms with Gasteiger partial charge in [-0.05, 0) is 25.0 Å². The van der Waals surface area contributed by atoms with Gasteiger partial charge in [0.2, 0.25) is 0 Å². The van der Waals surface area contributed by atoms with E-state index in [-0.39, 0.29) is 0 Å². The SMILES string of the molecule is Nc1ccccc1OCCOCCOCCOCCOCCOCCOCCOCCOCCOCCOCCOCCCCCCCl. The van der Waals surface area contributed by atoms with Crippen molar-refractivity contribution in [1.29, 1.82) is 0 Å². The number of hydrogen-bond acceptors (Lipinski definition) is 13. The first kappa shape index (κ1) is 44.7. The summed E-state index contributed by atoms with van der Waals surface area (Å²) in [5, 5.41) is 0. The minimum absolute atomic E-state index is 0.438. The molecule has 48 heavy (non-hydrogen) atoms. The molecule has 1 rings (SSSR count). The van der Waals surface area contributed by atoms with Gasteiger partial charge in [0.25, 0.3) is 0 Å². The second kappa shape index (κ2) is 38.5. The minimum Gasteiger partial charge on any atom is -0.489 e. The number of rotatable bonds is 40. The molecule has 282 valence electrons. The molecule has 0 unspecified atom stereocenters. The number of nitrogens with two attached hydrogens (primary N) is 1. The Labute approximate surface area is 293 Å². The predicted octanol–water partition coefficient (Wildman–Crippen LogP) is 3.63. The second-order valence-corrected chi connectivity index (χ2v) is 10.6. The minimum atomic E-state index is 0.438. The van der Waals surface area contributed by atoms with Crippen molar-refractivity contribution in [2.45, 2.75) is 25.7 Å². The van der Waals surface area contributed by atoms with Gasteiger partial charge in [0, 0.05) is 12.5 Å². The molecule has 1 aromatic carbocycles. The maximum Gasteiger partial charge on any atom is 0.142 e. The summed E-state index contributed by atoms with van der Waals surface area (Å²) in [6, 6.07) is 7.38. The van der Waals surface area contributed by atoms with Gasteiger partial charge in [-0.3, -0.25) is 0 Å². The zero-order valence-corrected chi connectivity index (χ0v) is 29.7. The summed E-state index contributed by atoms with van der Waals surface area (Å²) < 4.78 is 65.9. The fraction of sp³-hybridized carbons (Fsp3) is 0.824. The highest BCUT2D eigenvalue weighted by atomic mass is 35.5. The van der Waals surface area contributed by atoms with Crippen molar-refractivity contribution in [3.8, 4) is 5.75 Å².